The average Bonchev–Trinajstić information content (AvgIpc) is 2.75. The molecule has 3 heterocycles. The third kappa shape index (κ3) is 2.96. The zero-order valence-electron chi connectivity index (χ0n) is 15.4. The van der Waals surface area contributed by atoms with Crippen molar-refractivity contribution >= 4 is 10.0 Å². The quantitative estimate of drug-likeness (QED) is 0.742. The van der Waals surface area contributed by atoms with Crippen LogP contribution in [0.2, 0.25) is 0 Å². The third-order valence-corrected chi connectivity index (χ3v) is 7.73. The van der Waals surface area contributed by atoms with Gasteiger partial charge in [-0.1, -0.05) is 72.8 Å². The van der Waals surface area contributed by atoms with Gasteiger partial charge in [0, 0.05) is 31.1 Å². The van der Waals surface area contributed by atoms with E-state index in [2.05, 4.69) is 41.7 Å². The molecule has 0 aromatic heterocycles. The molecule has 3 aromatic rings. The van der Waals surface area contributed by atoms with E-state index in [1.54, 1.807) is 28.6 Å². The summed E-state index contributed by atoms with van der Waals surface area (Å²) >= 11 is 0. The summed E-state index contributed by atoms with van der Waals surface area (Å²) in [5.41, 5.74) is 3.70. The first-order valence-electron chi connectivity index (χ1n) is 9.59. The van der Waals surface area contributed by atoms with Gasteiger partial charge in [-0.05, 0) is 28.8 Å². The Morgan fingerprint density at radius 2 is 1.25 bits per heavy atom. The van der Waals surface area contributed by atoms with Crippen LogP contribution in [0.15, 0.2) is 89.8 Å². The number of rotatable bonds is 4. The number of benzene rings is 3. The highest BCUT2D eigenvalue weighted by Gasteiger charge is 2.49. The van der Waals surface area contributed by atoms with E-state index in [0.29, 0.717) is 23.9 Å². The molecule has 28 heavy (non-hydrogen) atoms. The van der Waals surface area contributed by atoms with Crippen LogP contribution < -0.4 is 5.32 Å². The molecule has 2 bridgehead atoms. The van der Waals surface area contributed by atoms with Crippen molar-refractivity contribution in [3.8, 4) is 11.1 Å². The van der Waals surface area contributed by atoms with Gasteiger partial charge in [0.2, 0.25) is 10.0 Å². The highest BCUT2D eigenvalue weighted by molar-refractivity contribution is 7.89. The second-order valence-corrected chi connectivity index (χ2v) is 9.47. The van der Waals surface area contributed by atoms with Crippen molar-refractivity contribution in [3.05, 3.63) is 90.5 Å². The Balaban J connectivity index is 1.33. The topological polar surface area (TPSA) is 49.4 Å². The van der Waals surface area contributed by atoms with E-state index in [1.165, 1.54) is 16.7 Å². The minimum atomic E-state index is -3.42. The molecule has 1 unspecified atom stereocenters. The van der Waals surface area contributed by atoms with Crippen LogP contribution in [0.1, 0.15) is 11.5 Å². The molecule has 5 heteroatoms. The molecule has 4 nitrogen and oxygen atoms in total. The average molecular weight is 391 g/mol. The molecule has 6 rings (SSSR count). The first kappa shape index (κ1) is 17.6. The summed E-state index contributed by atoms with van der Waals surface area (Å²) in [7, 11) is -3.42. The van der Waals surface area contributed by atoms with Gasteiger partial charge in [0.15, 0.2) is 0 Å². The molecule has 0 amide bonds. The van der Waals surface area contributed by atoms with Gasteiger partial charge in [0.1, 0.15) is 0 Å². The molecular weight excluding hydrogens is 368 g/mol. The van der Waals surface area contributed by atoms with Crippen molar-refractivity contribution in [1.29, 1.82) is 0 Å². The van der Waals surface area contributed by atoms with Crippen molar-refractivity contribution in [2.45, 2.75) is 22.9 Å². The molecule has 0 saturated carbocycles. The van der Waals surface area contributed by atoms with E-state index in [1.807, 2.05) is 24.3 Å². The molecule has 3 aliphatic heterocycles. The number of piperazine rings is 1. The van der Waals surface area contributed by atoms with Crippen LogP contribution in [0.25, 0.3) is 11.1 Å². The molecule has 0 aliphatic carbocycles. The number of piperidine rings is 1. The monoisotopic (exact) mass is 390 g/mol. The summed E-state index contributed by atoms with van der Waals surface area (Å²) in [6.07, 6.45) is 0. The lowest BCUT2D eigenvalue weighted by atomic mass is 9.75. The number of hydrogen-bond acceptors (Lipinski definition) is 3. The van der Waals surface area contributed by atoms with Crippen LogP contribution in [-0.2, 0) is 10.0 Å². The lowest BCUT2D eigenvalue weighted by Crippen LogP contribution is -2.72. The predicted molar refractivity (Wildman–Crippen MR) is 111 cm³/mol. The summed E-state index contributed by atoms with van der Waals surface area (Å²) < 4.78 is 27.4. The standard InChI is InChI=1S/C23H22N2O2S/c26-28(27,20-9-5-2-6-10-20)25-15-21-23(22(16-25)24-21)19-13-11-18(12-14-19)17-7-3-1-4-8-17/h1-14,21-24H,15-16H2/t21-,22+,23?. The fourth-order valence-electron chi connectivity index (χ4n) is 4.42. The zero-order chi connectivity index (χ0) is 19.1. The van der Waals surface area contributed by atoms with Gasteiger partial charge in [-0.3, -0.25) is 0 Å². The van der Waals surface area contributed by atoms with E-state index in [0.717, 1.165) is 0 Å². The number of hydrogen-bond donors (Lipinski definition) is 1. The van der Waals surface area contributed by atoms with E-state index >= 15 is 0 Å². The minimum absolute atomic E-state index is 0.166. The van der Waals surface area contributed by atoms with Crippen LogP contribution in [-0.4, -0.2) is 37.9 Å². The van der Waals surface area contributed by atoms with E-state index in [4.69, 9.17) is 0 Å². The van der Waals surface area contributed by atoms with E-state index in [-0.39, 0.29) is 12.1 Å². The first-order valence-corrected chi connectivity index (χ1v) is 11.0. The smallest absolute Gasteiger partial charge is 0.243 e. The van der Waals surface area contributed by atoms with Crippen LogP contribution in [0.5, 0.6) is 0 Å². The Bertz CT molecular complexity index is 1050. The lowest BCUT2D eigenvalue weighted by Gasteiger charge is -2.54. The highest BCUT2D eigenvalue weighted by Crippen LogP contribution is 2.39. The second-order valence-electron chi connectivity index (χ2n) is 7.53. The number of fused-ring (bicyclic) bond motifs is 2. The Morgan fingerprint density at radius 3 is 1.86 bits per heavy atom. The Hall–Kier alpha value is -2.47. The molecule has 1 N–H and O–H groups in total. The second kappa shape index (κ2) is 6.85. The van der Waals surface area contributed by atoms with E-state index in [9.17, 15) is 8.42 Å². The normalized spacial score (nSPS) is 24.5. The molecule has 3 aliphatic rings. The van der Waals surface area contributed by atoms with Gasteiger partial charge >= 0.3 is 0 Å². The maximum absolute atomic E-state index is 12.9. The van der Waals surface area contributed by atoms with Gasteiger partial charge in [0.25, 0.3) is 0 Å². The molecule has 3 atom stereocenters. The third-order valence-electron chi connectivity index (χ3n) is 5.88. The van der Waals surface area contributed by atoms with Crippen molar-refractivity contribution in [2.24, 2.45) is 0 Å². The van der Waals surface area contributed by atoms with Crippen molar-refractivity contribution in [3.63, 3.8) is 0 Å². The summed E-state index contributed by atoms with van der Waals surface area (Å²) in [5, 5.41) is 3.52. The molecular formula is C23H22N2O2S. The Kier molecular flexibility index (Phi) is 4.31. The molecule has 3 saturated heterocycles. The summed E-state index contributed by atoms with van der Waals surface area (Å²) in [6, 6.07) is 28.1. The summed E-state index contributed by atoms with van der Waals surface area (Å²) in [4.78, 5) is 0.375. The number of sulfonamides is 1. The highest BCUT2D eigenvalue weighted by atomic mass is 32.2. The zero-order valence-corrected chi connectivity index (χ0v) is 16.2. The van der Waals surface area contributed by atoms with Crippen LogP contribution in [0.4, 0.5) is 0 Å². The van der Waals surface area contributed by atoms with Crippen molar-refractivity contribution in [1.82, 2.24) is 9.62 Å². The van der Waals surface area contributed by atoms with Gasteiger partial charge in [0.05, 0.1) is 4.90 Å². The maximum Gasteiger partial charge on any atom is 0.243 e. The van der Waals surface area contributed by atoms with Crippen molar-refractivity contribution < 1.29 is 8.42 Å². The molecule has 3 aromatic carbocycles. The number of nitrogens with one attached hydrogen (secondary N) is 1. The largest absolute Gasteiger partial charge is 0.307 e. The molecule has 3 fully saturated rings. The Morgan fingerprint density at radius 1 is 0.714 bits per heavy atom. The summed E-state index contributed by atoms with van der Waals surface area (Å²) in [6.45, 7) is 1.03. The fraction of sp³-hybridized carbons (Fsp3) is 0.217. The summed E-state index contributed by atoms with van der Waals surface area (Å²) in [5.74, 6) is 0.368. The van der Waals surface area contributed by atoms with Gasteiger partial charge in [-0.25, -0.2) is 8.42 Å². The molecule has 142 valence electrons. The van der Waals surface area contributed by atoms with Crippen LogP contribution in [0, 0.1) is 0 Å². The van der Waals surface area contributed by atoms with Gasteiger partial charge in [-0.15, -0.1) is 0 Å². The van der Waals surface area contributed by atoms with E-state index < -0.39 is 10.0 Å². The van der Waals surface area contributed by atoms with Crippen molar-refractivity contribution in [2.75, 3.05) is 13.1 Å². The fourth-order valence-corrected chi connectivity index (χ4v) is 5.93. The first-order chi connectivity index (χ1) is 13.6. The predicted octanol–water partition coefficient (Wildman–Crippen LogP) is 3.48. The van der Waals surface area contributed by atoms with Gasteiger partial charge in [-0.2, -0.15) is 4.31 Å². The van der Waals surface area contributed by atoms with Crippen LogP contribution in [0.3, 0.4) is 0 Å². The maximum atomic E-state index is 12.9. The SMILES string of the molecule is O=S(=O)(c1ccccc1)N1C[C@@H]2N[C@H](C1)C2c1ccc(-c2ccccc2)cc1. The number of nitrogens with zero attached hydrogens (tertiary/aromatic N) is 1. The minimum Gasteiger partial charge on any atom is -0.307 e. The van der Waals surface area contributed by atoms with Crippen LogP contribution >= 0.6 is 0 Å². The molecule has 0 radical (unpaired) electrons. The Labute approximate surface area is 165 Å². The lowest BCUT2D eigenvalue weighted by molar-refractivity contribution is 0.102. The van der Waals surface area contributed by atoms with Gasteiger partial charge < -0.3 is 5.32 Å². The molecule has 0 spiro atoms.